The SMILES string of the molecule is CCN(C)Cc1cccc(OC(F)(F)F)c1. The Labute approximate surface area is 92.6 Å². The smallest absolute Gasteiger partial charge is 0.406 e. The molecule has 2 nitrogen and oxygen atoms in total. The van der Waals surface area contributed by atoms with Crippen molar-refractivity contribution < 1.29 is 17.9 Å². The van der Waals surface area contributed by atoms with Gasteiger partial charge in [0.25, 0.3) is 0 Å². The first-order chi connectivity index (χ1) is 7.40. The molecule has 0 saturated carbocycles. The van der Waals surface area contributed by atoms with Gasteiger partial charge in [-0.25, -0.2) is 0 Å². The molecule has 0 amide bonds. The predicted octanol–water partition coefficient (Wildman–Crippen LogP) is 3.04. The van der Waals surface area contributed by atoms with Crippen LogP contribution in [0.1, 0.15) is 12.5 Å². The van der Waals surface area contributed by atoms with Crippen LogP contribution in [0.3, 0.4) is 0 Å². The van der Waals surface area contributed by atoms with Crippen molar-refractivity contribution in [2.24, 2.45) is 0 Å². The van der Waals surface area contributed by atoms with E-state index in [0.29, 0.717) is 6.54 Å². The number of alkyl halides is 3. The molecule has 0 spiro atoms. The van der Waals surface area contributed by atoms with E-state index >= 15 is 0 Å². The molecule has 0 aliphatic rings. The highest BCUT2D eigenvalue weighted by atomic mass is 19.4. The number of hydrogen-bond donors (Lipinski definition) is 0. The summed E-state index contributed by atoms with van der Waals surface area (Å²) in [5, 5.41) is 0. The van der Waals surface area contributed by atoms with E-state index in [-0.39, 0.29) is 5.75 Å². The third-order valence-corrected chi connectivity index (χ3v) is 2.12. The summed E-state index contributed by atoms with van der Waals surface area (Å²) in [4.78, 5) is 1.99. The standard InChI is InChI=1S/C11H14F3NO/c1-3-15(2)8-9-5-4-6-10(7-9)16-11(12,13)14/h4-7H,3,8H2,1-2H3. The molecule has 16 heavy (non-hydrogen) atoms. The van der Waals surface area contributed by atoms with E-state index in [1.54, 1.807) is 12.1 Å². The summed E-state index contributed by atoms with van der Waals surface area (Å²) in [7, 11) is 1.90. The Morgan fingerprint density at radius 2 is 2.00 bits per heavy atom. The molecule has 0 aromatic heterocycles. The number of rotatable bonds is 4. The molecule has 0 unspecified atom stereocenters. The molecule has 0 heterocycles. The molecule has 0 bridgehead atoms. The maximum absolute atomic E-state index is 12.0. The number of benzene rings is 1. The molecule has 0 saturated heterocycles. The summed E-state index contributed by atoms with van der Waals surface area (Å²) >= 11 is 0. The normalized spacial score (nSPS) is 11.9. The van der Waals surface area contributed by atoms with Crippen molar-refractivity contribution in [3.63, 3.8) is 0 Å². The second-order valence-electron chi connectivity index (χ2n) is 3.53. The van der Waals surface area contributed by atoms with Crippen molar-refractivity contribution in [1.82, 2.24) is 4.90 Å². The largest absolute Gasteiger partial charge is 0.573 e. The van der Waals surface area contributed by atoms with E-state index < -0.39 is 6.36 Å². The van der Waals surface area contributed by atoms with Gasteiger partial charge in [-0.3, -0.25) is 0 Å². The molecule has 0 N–H and O–H groups in total. The maximum atomic E-state index is 12.0. The van der Waals surface area contributed by atoms with E-state index in [2.05, 4.69) is 4.74 Å². The number of ether oxygens (including phenoxy) is 1. The third kappa shape index (κ3) is 4.53. The van der Waals surface area contributed by atoms with Gasteiger partial charge in [0.05, 0.1) is 0 Å². The number of nitrogens with zero attached hydrogens (tertiary/aromatic N) is 1. The van der Waals surface area contributed by atoms with Crippen molar-refractivity contribution in [2.75, 3.05) is 13.6 Å². The van der Waals surface area contributed by atoms with Gasteiger partial charge in [-0.05, 0) is 31.3 Å². The maximum Gasteiger partial charge on any atom is 0.573 e. The summed E-state index contributed by atoms with van der Waals surface area (Å²) in [5.74, 6) is -0.172. The minimum atomic E-state index is -4.63. The molecule has 1 aromatic rings. The minimum Gasteiger partial charge on any atom is -0.406 e. The first-order valence-electron chi connectivity index (χ1n) is 4.94. The lowest BCUT2D eigenvalue weighted by Crippen LogP contribution is -2.18. The molecule has 0 aliphatic heterocycles. The van der Waals surface area contributed by atoms with Crippen LogP contribution in [0.2, 0.25) is 0 Å². The average Bonchev–Trinajstić information content (AvgIpc) is 2.15. The highest BCUT2D eigenvalue weighted by molar-refractivity contribution is 5.28. The first-order valence-corrected chi connectivity index (χ1v) is 4.94. The molecular formula is C11H14F3NO. The van der Waals surface area contributed by atoms with E-state index in [1.807, 2.05) is 18.9 Å². The van der Waals surface area contributed by atoms with Gasteiger partial charge < -0.3 is 9.64 Å². The van der Waals surface area contributed by atoms with Gasteiger partial charge in [-0.15, -0.1) is 13.2 Å². The van der Waals surface area contributed by atoms with Crippen LogP contribution in [0.15, 0.2) is 24.3 Å². The van der Waals surface area contributed by atoms with Gasteiger partial charge in [0.15, 0.2) is 0 Å². The van der Waals surface area contributed by atoms with Gasteiger partial charge in [-0.1, -0.05) is 19.1 Å². The summed E-state index contributed by atoms with van der Waals surface area (Å²) < 4.78 is 39.7. The zero-order chi connectivity index (χ0) is 12.2. The summed E-state index contributed by atoms with van der Waals surface area (Å²) in [6.07, 6.45) is -4.63. The lowest BCUT2D eigenvalue weighted by atomic mass is 10.2. The zero-order valence-electron chi connectivity index (χ0n) is 9.21. The molecule has 0 radical (unpaired) electrons. The van der Waals surface area contributed by atoms with Gasteiger partial charge >= 0.3 is 6.36 Å². The average molecular weight is 233 g/mol. The zero-order valence-corrected chi connectivity index (χ0v) is 9.21. The predicted molar refractivity (Wildman–Crippen MR) is 55.1 cm³/mol. The topological polar surface area (TPSA) is 12.5 Å². The van der Waals surface area contributed by atoms with Crippen LogP contribution in [-0.4, -0.2) is 24.9 Å². The van der Waals surface area contributed by atoms with Crippen LogP contribution in [0.4, 0.5) is 13.2 Å². The summed E-state index contributed by atoms with van der Waals surface area (Å²) in [5.41, 5.74) is 0.797. The number of hydrogen-bond acceptors (Lipinski definition) is 2. The van der Waals surface area contributed by atoms with Crippen LogP contribution < -0.4 is 4.74 Å². The first kappa shape index (κ1) is 12.8. The fourth-order valence-electron chi connectivity index (χ4n) is 1.26. The molecule has 1 aromatic carbocycles. The fourth-order valence-corrected chi connectivity index (χ4v) is 1.26. The minimum absolute atomic E-state index is 0.172. The lowest BCUT2D eigenvalue weighted by Gasteiger charge is -2.15. The Morgan fingerprint density at radius 1 is 1.31 bits per heavy atom. The van der Waals surface area contributed by atoms with Crippen molar-refractivity contribution >= 4 is 0 Å². The fraction of sp³-hybridized carbons (Fsp3) is 0.455. The van der Waals surface area contributed by atoms with E-state index in [4.69, 9.17) is 0 Å². The Hall–Kier alpha value is -1.23. The quantitative estimate of drug-likeness (QED) is 0.792. The molecule has 90 valence electrons. The molecule has 0 atom stereocenters. The highest BCUT2D eigenvalue weighted by Gasteiger charge is 2.31. The molecule has 1 rings (SSSR count). The van der Waals surface area contributed by atoms with Gasteiger partial charge in [-0.2, -0.15) is 0 Å². The van der Waals surface area contributed by atoms with E-state index in [0.717, 1.165) is 12.1 Å². The monoisotopic (exact) mass is 233 g/mol. The van der Waals surface area contributed by atoms with Crippen LogP contribution in [0, 0.1) is 0 Å². The highest BCUT2D eigenvalue weighted by Crippen LogP contribution is 2.23. The van der Waals surface area contributed by atoms with Crippen molar-refractivity contribution in [3.8, 4) is 5.75 Å². The van der Waals surface area contributed by atoms with Crippen molar-refractivity contribution in [2.45, 2.75) is 19.8 Å². The molecular weight excluding hydrogens is 219 g/mol. The molecule has 5 heteroatoms. The van der Waals surface area contributed by atoms with Crippen LogP contribution in [0.25, 0.3) is 0 Å². The second kappa shape index (κ2) is 5.21. The molecule has 0 fully saturated rings. The Balaban J connectivity index is 2.71. The Kier molecular flexibility index (Phi) is 4.18. The van der Waals surface area contributed by atoms with Crippen molar-refractivity contribution in [1.29, 1.82) is 0 Å². The Bertz CT molecular complexity index is 338. The van der Waals surface area contributed by atoms with Crippen LogP contribution in [-0.2, 0) is 6.54 Å². The number of halogens is 3. The summed E-state index contributed by atoms with van der Waals surface area (Å²) in [6.45, 7) is 3.42. The van der Waals surface area contributed by atoms with Crippen molar-refractivity contribution in [3.05, 3.63) is 29.8 Å². The molecule has 0 aliphatic carbocycles. The van der Waals surface area contributed by atoms with Crippen LogP contribution >= 0.6 is 0 Å². The van der Waals surface area contributed by atoms with E-state index in [1.165, 1.54) is 12.1 Å². The van der Waals surface area contributed by atoms with Gasteiger partial charge in [0.2, 0.25) is 0 Å². The second-order valence-corrected chi connectivity index (χ2v) is 3.53. The van der Waals surface area contributed by atoms with Gasteiger partial charge in [0, 0.05) is 6.54 Å². The lowest BCUT2D eigenvalue weighted by molar-refractivity contribution is -0.274. The van der Waals surface area contributed by atoms with Gasteiger partial charge in [0.1, 0.15) is 5.75 Å². The van der Waals surface area contributed by atoms with E-state index in [9.17, 15) is 13.2 Å². The van der Waals surface area contributed by atoms with Crippen LogP contribution in [0.5, 0.6) is 5.75 Å². The summed E-state index contributed by atoms with van der Waals surface area (Å²) in [6, 6.07) is 6.03. The Morgan fingerprint density at radius 3 is 2.56 bits per heavy atom. The third-order valence-electron chi connectivity index (χ3n) is 2.12.